The predicted octanol–water partition coefficient (Wildman–Crippen LogP) is 3.81. The second-order valence-electron chi connectivity index (χ2n) is 3.87. The molecule has 1 nitrogen and oxygen atoms in total. The summed E-state index contributed by atoms with van der Waals surface area (Å²) in [5.74, 6) is 0.555. The van der Waals surface area contributed by atoms with Crippen molar-refractivity contribution < 1.29 is 0 Å². The van der Waals surface area contributed by atoms with E-state index in [1.165, 1.54) is 24.8 Å². The van der Waals surface area contributed by atoms with Gasteiger partial charge < -0.3 is 5.73 Å². The summed E-state index contributed by atoms with van der Waals surface area (Å²) in [6, 6.07) is 6.79. The normalized spacial score (nSPS) is 26.8. The van der Waals surface area contributed by atoms with E-state index >= 15 is 0 Å². The van der Waals surface area contributed by atoms with Gasteiger partial charge in [0.2, 0.25) is 0 Å². The van der Waals surface area contributed by atoms with Crippen molar-refractivity contribution in [2.45, 2.75) is 31.2 Å². The van der Waals surface area contributed by atoms with Gasteiger partial charge in [0.15, 0.2) is 0 Å². The van der Waals surface area contributed by atoms with Gasteiger partial charge in [-0.25, -0.2) is 0 Å². The molecule has 0 aromatic heterocycles. The van der Waals surface area contributed by atoms with Gasteiger partial charge in [-0.3, -0.25) is 0 Å². The molecule has 0 bridgehead atoms. The maximum absolute atomic E-state index is 6.07. The fourth-order valence-corrected chi connectivity index (χ4v) is 2.79. The quantitative estimate of drug-likeness (QED) is 0.837. The van der Waals surface area contributed by atoms with Crippen LogP contribution in [0.3, 0.4) is 0 Å². The van der Waals surface area contributed by atoms with Crippen molar-refractivity contribution in [3.63, 3.8) is 0 Å². The molecule has 2 rings (SSSR count). The molecule has 1 aliphatic carbocycles. The highest BCUT2D eigenvalue weighted by Gasteiger charge is 2.25. The molecule has 0 amide bonds. The van der Waals surface area contributed by atoms with E-state index < -0.39 is 0 Å². The monoisotopic (exact) mass is 317 g/mol. The zero-order valence-electron chi connectivity index (χ0n) is 7.84. The Balaban J connectivity index is 2.28. The Hall–Kier alpha value is 0.140. The average Bonchev–Trinajstić information content (AvgIpc) is 2.57. The van der Waals surface area contributed by atoms with Crippen LogP contribution in [0.1, 0.15) is 30.7 Å². The van der Waals surface area contributed by atoms with Crippen molar-refractivity contribution in [2.24, 2.45) is 5.73 Å². The zero-order valence-corrected chi connectivity index (χ0v) is 11.0. The molecule has 3 heteroatoms. The first-order chi connectivity index (χ1) is 6.68. The van der Waals surface area contributed by atoms with Gasteiger partial charge in [-0.2, -0.15) is 0 Å². The summed E-state index contributed by atoms with van der Waals surface area (Å²) >= 11 is 7.00. The third-order valence-electron chi connectivity index (χ3n) is 2.94. The standard InChI is InChI=1S/C11H13Br2N/c12-9-5-4-7(6-10(9)13)8-2-1-3-11(8)14/h4-6,8,11H,1-3,14H2. The molecule has 1 fully saturated rings. The highest BCUT2D eigenvalue weighted by Crippen LogP contribution is 2.35. The maximum atomic E-state index is 6.07. The predicted molar refractivity (Wildman–Crippen MR) is 66.4 cm³/mol. The van der Waals surface area contributed by atoms with Crippen LogP contribution in [0, 0.1) is 0 Å². The fraction of sp³-hybridized carbons (Fsp3) is 0.455. The van der Waals surface area contributed by atoms with Gasteiger partial charge in [-0.15, -0.1) is 0 Å². The lowest BCUT2D eigenvalue weighted by Gasteiger charge is -2.16. The van der Waals surface area contributed by atoms with Crippen molar-refractivity contribution in [3.05, 3.63) is 32.7 Å². The molecule has 76 valence electrons. The van der Waals surface area contributed by atoms with Crippen LogP contribution in [0.5, 0.6) is 0 Å². The van der Waals surface area contributed by atoms with E-state index in [0.717, 1.165) is 8.95 Å². The molecule has 0 aliphatic heterocycles. The first-order valence-corrected chi connectivity index (χ1v) is 6.47. The van der Waals surface area contributed by atoms with Gasteiger partial charge in [0, 0.05) is 15.0 Å². The SMILES string of the molecule is NC1CCCC1c1ccc(Br)c(Br)c1. The third-order valence-corrected chi connectivity index (χ3v) is 4.82. The summed E-state index contributed by atoms with van der Waals surface area (Å²) in [5, 5.41) is 0. The maximum Gasteiger partial charge on any atom is 0.0320 e. The molecule has 0 saturated heterocycles. The van der Waals surface area contributed by atoms with Gasteiger partial charge in [0.1, 0.15) is 0 Å². The fourth-order valence-electron chi connectivity index (χ4n) is 2.15. The lowest BCUT2D eigenvalue weighted by Crippen LogP contribution is -2.22. The molecule has 0 radical (unpaired) electrons. The number of halogens is 2. The average molecular weight is 319 g/mol. The van der Waals surface area contributed by atoms with Crippen LogP contribution in [0.2, 0.25) is 0 Å². The van der Waals surface area contributed by atoms with Crippen LogP contribution in [0.25, 0.3) is 0 Å². The minimum absolute atomic E-state index is 0.350. The van der Waals surface area contributed by atoms with Gasteiger partial charge in [-0.1, -0.05) is 12.5 Å². The summed E-state index contributed by atoms with van der Waals surface area (Å²) in [4.78, 5) is 0. The molecule has 2 unspecified atom stereocenters. The number of rotatable bonds is 1. The van der Waals surface area contributed by atoms with Gasteiger partial charge >= 0.3 is 0 Å². The molecule has 1 saturated carbocycles. The molecule has 2 atom stereocenters. The Bertz CT molecular complexity index is 338. The molecule has 2 N–H and O–H groups in total. The first-order valence-electron chi connectivity index (χ1n) is 4.89. The highest BCUT2D eigenvalue weighted by atomic mass is 79.9. The summed E-state index contributed by atoms with van der Waals surface area (Å²) in [7, 11) is 0. The Labute approximate surface area is 101 Å². The summed E-state index contributed by atoms with van der Waals surface area (Å²) < 4.78 is 2.22. The van der Waals surface area contributed by atoms with E-state index in [4.69, 9.17) is 5.73 Å². The van der Waals surface area contributed by atoms with Crippen LogP contribution < -0.4 is 5.73 Å². The van der Waals surface area contributed by atoms with Crippen LogP contribution in [-0.4, -0.2) is 6.04 Å². The minimum Gasteiger partial charge on any atom is -0.327 e. The molecular weight excluding hydrogens is 306 g/mol. The molecule has 1 aromatic carbocycles. The first kappa shape index (κ1) is 10.7. The Morgan fingerprint density at radius 1 is 1.14 bits per heavy atom. The van der Waals surface area contributed by atoms with Gasteiger partial charge in [-0.05, 0) is 68.3 Å². The van der Waals surface area contributed by atoms with Crippen molar-refractivity contribution in [2.75, 3.05) is 0 Å². The molecule has 0 spiro atoms. The van der Waals surface area contributed by atoms with E-state index in [0.29, 0.717) is 12.0 Å². The lowest BCUT2D eigenvalue weighted by molar-refractivity contribution is 0.613. The van der Waals surface area contributed by atoms with E-state index in [9.17, 15) is 0 Å². The van der Waals surface area contributed by atoms with Crippen LogP contribution >= 0.6 is 31.9 Å². The second-order valence-corrected chi connectivity index (χ2v) is 5.58. The number of hydrogen-bond donors (Lipinski definition) is 1. The van der Waals surface area contributed by atoms with Crippen molar-refractivity contribution in [3.8, 4) is 0 Å². The molecular formula is C11H13Br2N. The van der Waals surface area contributed by atoms with E-state index in [-0.39, 0.29) is 0 Å². The van der Waals surface area contributed by atoms with Crippen molar-refractivity contribution in [1.82, 2.24) is 0 Å². The Kier molecular flexibility index (Phi) is 3.30. The minimum atomic E-state index is 0.350. The molecule has 0 heterocycles. The van der Waals surface area contributed by atoms with Crippen LogP contribution in [-0.2, 0) is 0 Å². The molecule has 1 aliphatic rings. The topological polar surface area (TPSA) is 26.0 Å². The molecule has 1 aromatic rings. The molecule has 14 heavy (non-hydrogen) atoms. The smallest absolute Gasteiger partial charge is 0.0320 e. The van der Waals surface area contributed by atoms with Gasteiger partial charge in [0.25, 0.3) is 0 Å². The lowest BCUT2D eigenvalue weighted by atomic mass is 9.95. The largest absolute Gasteiger partial charge is 0.327 e. The van der Waals surface area contributed by atoms with Gasteiger partial charge in [0.05, 0.1) is 0 Å². The number of nitrogens with two attached hydrogens (primary N) is 1. The van der Waals surface area contributed by atoms with Crippen molar-refractivity contribution >= 4 is 31.9 Å². The van der Waals surface area contributed by atoms with E-state index in [1.807, 2.05) is 0 Å². The summed E-state index contributed by atoms with van der Waals surface area (Å²) in [5.41, 5.74) is 7.44. The second kappa shape index (κ2) is 4.33. The Morgan fingerprint density at radius 2 is 1.93 bits per heavy atom. The summed E-state index contributed by atoms with van der Waals surface area (Å²) in [6.07, 6.45) is 3.66. The van der Waals surface area contributed by atoms with E-state index in [1.54, 1.807) is 0 Å². The number of benzene rings is 1. The third kappa shape index (κ3) is 2.05. The number of hydrogen-bond acceptors (Lipinski definition) is 1. The van der Waals surface area contributed by atoms with Crippen molar-refractivity contribution in [1.29, 1.82) is 0 Å². The zero-order chi connectivity index (χ0) is 10.1. The van der Waals surface area contributed by atoms with Crippen LogP contribution in [0.4, 0.5) is 0 Å². The van der Waals surface area contributed by atoms with Crippen LogP contribution in [0.15, 0.2) is 27.1 Å². The van der Waals surface area contributed by atoms with E-state index in [2.05, 4.69) is 50.1 Å². The summed E-state index contributed by atoms with van der Waals surface area (Å²) in [6.45, 7) is 0. The highest BCUT2D eigenvalue weighted by molar-refractivity contribution is 9.13. The Morgan fingerprint density at radius 3 is 2.50 bits per heavy atom.